The maximum absolute atomic E-state index is 12.6. The van der Waals surface area contributed by atoms with Crippen molar-refractivity contribution in [3.63, 3.8) is 0 Å². The minimum absolute atomic E-state index is 0.169. The number of esters is 1. The van der Waals surface area contributed by atoms with Crippen LogP contribution in [0.2, 0.25) is 0 Å². The molecule has 1 amide bonds. The van der Waals surface area contributed by atoms with Gasteiger partial charge in [-0.15, -0.1) is 0 Å². The first kappa shape index (κ1) is 19.8. The van der Waals surface area contributed by atoms with Crippen LogP contribution in [0, 0.1) is 0 Å². The number of sulfonamides is 1. The van der Waals surface area contributed by atoms with Crippen molar-refractivity contribution in [1.29, 1.82) is 0 Å². The molecule has 8 heteroatoms. The van der Waals surface area contributed by atoms with Crippen molar-refractivity contribution in [2.75, 3.05) is 26.2 Å². The number of hydrogen-bond acceptors (Lipinski definition) is 5. The van der Waals surface area contributed by atoms with E-state index in [1.165, 1.54) is 28.6 Å². The summed E-state index contributed by atoms with van der Waals surface area (Å²) in [5, 5.41) is 0. The van der Waals surface area contributed by atoms with Gasteiger partial charge in [0.2, 0.25) is 10.0 Å². The Morgan fingerprint density at radius 3 is 2.07 bits per heavy atom. The number of carbonyl (C=O) groups is 2. The Hall–Kier alpha value is -1.93. The van der Waals surface area contributed by atoms with Crippen LogP contribution in [0.4, 0.5) is 0 Å². The van der Waals surface area contributed by atoms with Crippen molar-refractivity contribution in [2.45, 2.75) is 50.0 Å². The van der Waals surface area contributed by atoms with Crippen LogP contribution >= 0.6 is 0 Å². The van der Waals surface area contributed by atoms with Crippen LogP contribution in [0.15, 0.2) is 29.2 Å². The Morgan fingerprint density at radius 2 is 1.48 bits per heavy atom. The number of likely N-dealkylation sites (tertiary alicyclic amines) is 1. The van der Waals surface area contributed by atoms with Gasteiger partial charge in [0.25, 0.3) is 5.91 Å². The maximum atomic E-state index is 12.6. The van der Waals surface area contributed by atoms with E-state index in [-0.39, 0.29) is 16.4 Å². The van der Waals surface area contributed by atoms with Crippen molar-refractivity contribution < 1.29 is 22.7 Å². The van der Waals surface area contributed by atoms with E-state index in [2.05, 4.69) is 0 Å². The largest absolute Gasteiger partial charge is 0.449 e. The predicted octanol–water partition coefficient (Wildman–Crippen LogP) is 2.03. The summed E-state index contributed by atoms with van der Waals surface area (Å²) in [5.41, 5.74) is 0.230. The molecule has 148 valence electrons. The maximum Gasteiger partial charge on any atom is 0.338 e. The second-order valence-corrected chi connectivity index (χ2v) is 9.01. The molecule has 0 saturated carbocycles. The summed E-state index contributed by atoms with van der Waals surface area (Å²) in [6, 6.07) is 5.72. The van der Waals surface area contributed by atoms with E-state index in [0.717, 1.165) is 32.1 Å². The number of rotatable bonds is 5. The topological polar surface area (TPSA) is 84.0 Å². The fourth-order valence-corrected chi connectivity index (χ4v) is 5.01. The third-order valence-electron chi connectivity index (χ3n) is 5.09. The highest BCUT2D eigenvalue weighted by Crippen LogP contribution is 2.21. The Morgan fingerprint density at radius 1 is 0.926 bits per heavy atom. The second-order valence-electron chi connectivity index (χ2n) is 7.07. The molecule has 0 radical (unpaired) electrons. The minimum Gasteiger partial charge on any atom is -0.449 e. The molecule has 2 saturated heterocycles. The lowest BCUT2D eigenvalue weighted by molar-refractivity contribution is -0.138. The Labute approximate surface area is 160 Å². The zero-order valence-corrected chi connectivity index (χ0v) is 16.4. The van der Waals surface area contributed by atoms with Crippen LogP contribution in [-0.2, 0) is 19.6 Å². The molecule has 0 unspecified atom stereocenters. The van der Waals surface area contributed by atoms with Crippen molar-refractivity contribution in [1.82, 2.24) is 9.21 Å². The zero-order chi connectivity index (χ0) is 19.4. The summed E-state index contributed by atoms with van der Waals surface area (Å²) in [4.78, 5) is 26.4. The standard InChI is InChI=1S/C19H26N2O5S/c1-15(18(22)20-11-5-6-12-20)26-19(23)16-7-9-17(10-8-16)27(24,25)21-13-3-2-4-14-21/h7-10,15H,2-6,11-14H2,1H3/t15-/m1/s1. The molecule has 2 fully saturated rings. The Kier molecular flexibility index (Phi) is 6.16. The van der Waals surface area contributed by atoms with Gasteiger partial charge in [-0.1, -0.05) is 6.42 Å². The van der Waals surface area contributed by atoms with Crippen molar-refractivity contribution in [3.05, 3.63) is 29.8 Å². The molecule has 2 aliphatic heterocycles. The number of carbonyl (C=O) groups excluding carboxylic acids is 2. The van der Waals surface area contributed by atoms with Gasteiger partial charge in [-0.2, -0.15) is 4.31 Å². The van der Waals surface area contributed by atoms with Gasteiger partial charge in [-0.25, -0.2) is 13.2 Å². The zero-order valence-electron chi connectivity index (χ0n) is 15.6. The van der Waals surface area contributed by atoms with Crippen LogP contribution in [0.25, 0.3) is 0 Å². The van der Waals surface area contributed by atoms with Crippen molar-refractivity contribution in [2.24, 2.45) is 0 Å². The first-order chi connectivity index (χ1) is 12.9. The van der Waals surface area contributed by atoms with E-state index < -0.39 is 22.1 Å². The van der Waals surface area contributed by atoms with E-state index in [1.807, 2.05) is 0 Å². The van der Waals surface area contributed by atoms with E-state index in [4.69, 9.17) is 4.74 Å². The van der Waals surface area contributed by atoms with Gasteiger partial charge in [0.05, 0.1) is 10.5 Å². The van der Waals surface area contributed by atoms with Gasteiger partial charge in [-0.05, 0) is 56.9 Å². The lowest BCUT2D eigenvalue weighted by Crippen LogP contribution is -2.38. The first-order valence-corrected chi connectivity index (χ1v) is 10.9. The third kappa shape index (κ3) is 4.50. The number of hydrogen-bond donors (Lipinski definition) is 0. The summed E-state index contributed by atoms with van der Waals surface area (Å²) in [7, 11) is -3.53. The molecule has 1 aromatic carbocycles. The molecular formula is C19H26N2O5S. The van der Waals surface area contributed by atoms with Crippen LogP contribution in [0.1, 0.15) is 49.4 Å². The molecule has 7 nitrogen and oxygen atoms in total. The minimum atomic E-state index is -3.53. The number of benzene rings is 1. The molecule has 27 heavy (non-hydrogen) atoms. The Balaban J connectivity index is 1.64. The quantitative estimate of drug-likeness (QED) is 0.714. The summed E-state index contributed by atoms with van der Waals surface area (Å²) < 4.78 is 32.0. The molecule has 1 atom stereocenters. The van der Waals surface area contributed by atoms with Gasteiger partial charge in [0.15, 0.2) is 6.10 Å². The molecule has 0 aliphatic carbocycles. The summed E-state index contributed by atoms with van der Waals surface area (Å²) >= 11 is 0. The molecule has 0 bridgehead atoms. The molecule has 0 N–H and O–H groups in total. The van der Waals surface area contributed by atoms with Crippen molar-refractivity contribution >= 4 is 21.9 Å². The average Bonchev–Trinajstić information content (AvgIpc) is 3.23. The number of nitrogens with zero attached hydrogens (tertiary/aromatic N) is 2. The lowest BCUT2D eigenvalue weighted by atomic mass is 10.2. The van der Waals surface area contributed by atoms with Crippen LogP contribution < -0.4 is 0 Å². The van der Waals surface area contributed by atoms with E-state index in [1.54, 1.807) is 11.8 Å². The molecule has 2 aliphatic rings. The Bertz CT molecular complexity index is 779. The number of amides is 1. The molecule has 0 aromatic heterocycles. The highest BCUT2D eigenvalue weighted by Gasteiger charge is 2.28. The molecule has 1 aromatic rings. The monoisotopic (exact) mass is 394 g/mol. The summed E-state index contributed by atoms with van der Waals surface area (Å²) in [5.74, 6) is -0.817. The third-order valence-corrected chi connectivity index (χ3v) is 7.01. The lowest BCUT2D eigenvalue weighted by Gasteiger charge is -2.25. The van der Waals surface area contributed by atoms with Gasteiger partial charge in [-0.3, -0.25) is 4.79 Å². The summed E-state index contributed by atoms with van der Waals surface area (Å²) in [6.07, 6.45) is 3.87. The average molecular weight is 394 g/mol. The number of piperidine rings is 1. The summed E-state index contributed by atoms with van der Waals surface area (Å²) in [6.45, 7) is 4.02. The SMILES string of the molecule is C[C@@H](OC(=O)c1ccc(S(=O)(=O)N2CCCCC2)cc1)C(=O)N1CCCC1. The van der Waals surface area contributed by atoms with Gasteiger partial charge >= 0.3 is 5.97 Å². The van der Waals surface area contributed by atoms with E-state index in [0.29, 0.717) is 26.2 Å². The number of ether oxygens (including phenoxy) is 1. The fourth-order valence-electron chi connectivity index (χ4n) is 3.49. The highest BCUT2D eigenvalue weighted by molar-refractivity contribution is 7.89. The predicted molar refractivity (Wildman–Crippen MR) is 99.7 cm³/mol. The van der Waals surface area contributed by atoms with E-state index >= 15 is 0 Å². The van der Waals surface area contributed by atoms with Crippen LogP contribution in [-0.4, -0.2) is 61.8 Å². The van der Waals surface area contributed by atoms with Crippen molar-refractivity contribution in [3.8, 4) is 0 Å². The van der Waals surface area contributed by atoms with Gasteiger partial charge < -0.3 is 9.64 Å². The van der Waals surface area contributed by atoms with Gasteiger partial charge in [0, 0.05) is 26.2 Å². The molecule has 2 heterocycles. The molecule has 3 rings (SSSR count). The molecule has 0 spiro atoms. The second kappa shape index (κ2) is 8.39. The molecular weight excluding hydrogens is 368 g/mol. The first-order valence-electron chi connectivity index (χ1n) is 9.49. The normalized spacial score (nSPS) is 19.7. The smallest absolute Gasteiger partial charge is 0.338 e. The van der Waals surface area contributed by atoms with E-state index in [9.17, 15) is 18.0 Å². The fraction of sp³-hybridized carbons (Fsp3) is 0.579. The van der Waals surface area contributed by atoms with Crippen LogP contribution in [0.3, 0.4) is 0 Å². The van der Waals surface area contributed by atoms with Crippen LogP contribution in [0.5, 0.6) is 0 Å². The highest BCUT2D eigenvalue weighted by atomic mass is 32.2. The van der Waals surface area contributed by atoms with Gasteiger partial charge in [0.1, 0.15) is 0 Å².